The van der Waals surface area contributed by atoms with Crippen molar-refractivity contribution in [3.8, 4) is 0 Å². The molecule has 2 aliphatic rings. The lowest BCUT2D eigenvalue weighted by Crippen LogP contribution is -2.68. The molecule has 7 heteroatoms. The van der Waals surface area contributed by atoms with Crippen molar-refractivity contribution in [2.45, 2.75) is 32.2 Å². The van der Waals surface area contributed by atoms with Gasteiger partial charge in [-0.05, 0) is 20.8 Å². The number of β-lactam (4-membered cyclic amide) rings is 1. The summed E-state index contributed by atoms with van der Waals surface area (Å²) in [5.41, 5.74) is -0.0799. The molecule has 1 amide bonds. The molecule has 0 aromatic rings. The van der Waals surface area contributed by atoms with E-state index < -0.39 is 11.4 Å². The van der Waals surface area contributed by atoms with E-state index in [0.717, 1.165) is 5.71 Å². The number of hydrogen-bond acceptors (Lipinski definition) is 4. The van der Waals surface area contributed by atoms with Crippen molar-refractivity contribution in [3.63, 3.8) is 0 Å². The van der Waals surface area contributed by atoms with Crippen LogP contribution in [0.3, 0.4) is 0 Å². The van der Waals surface area contributed by atoms with Crippen LogP contribution in [0.2, 0.25) is 0 Å². The van der Waals surface area contributed by atoms with Gasteiger partial charge in [0.25, 0.3) is 5.91 Å². The molecule has 0 spiro atoms. The van der Waals surface area contributed by atoms with Gasteiger partial charge < -0.3 is 10.0 Å². The van der Waals surface area contributed by atoms with Crippen molar-refractivity contribution in [2.24, 2.45) is 10.4 Å². The number of allylic oxidation sites excluding steroid dienone is 1. The molecule has 112 valence electrons. The third kappa shape index (κ3) is 2.72. The Bertz CT molecular complexity index is 476. The van der Waals surface area contributed by atoms with Gasteiger partial charge in [0.1, 0.15) is 10.8 Å². The molecule has 20 heavy (non-hydrogen) atoms. The molecule has 0 aromatic carbocycles. The van der Waals surface area contributed by atoms with Gasteiger partial charge >= 0.3 is 5.97 Å². The fourth-order valence-corrected chi connectivity index (χ4v) is 3.95. The summed E-state index contributed by atoms with van der Waals surface area (Å²) < 4.78 is 0. The lowest BCUT2D eigenvalue weighted by Gasteiger charge is -2.52. The number of thioether (sulfide) groups is 1. The molecule has 0 bridgehead atoms. The van der Waals surface area contributed by atoms with Crippen LogP contribution in [0.5, 0.6) is 0 Å². The summed E-state index contributed by atoms with van der Waals surface area (Å²) in [4.78, 5) is 29.5. The zero-order chi connectivity index (χ0) is 14.2. The Labute approximate surface area is 128 Å². The monoisotopic (exact) mass is 318 g/mol. The number of aliphatic imine (C=N–C) groups is 1. The van der Waals surface area contributed by atoms with Gasteiger partial charge in [0.2, 0.25) is 0 Å². The minimum absolute atomic E-state index is 0. The van der Waals surface area contributed by atoms with Crippen molar-refractivity contribution in [2.75, 3.05) is 12.3 Å². The summed E-state index contributed by atoms with van der Waals surface area (Å²) in [7, 11) is 0. The summed E-state index contributed by atoms with van der Waals surface area (Å²) in [6, 6.07) is -0.326. The molecule has 1 N–H and O–H groups in total. The molecule has 5 nitrogen and oxygen atoms in total. The summed E-state index contributed by atoms with van der Waals surface area (Å²) in [6.07, 6.45) is 3.43. The smallest absolute Gasteiger partial charge is 0.316 e. The van der Waals surface area contributed by atoms with E-state index in [-0.39, 0.29) is 36.3 Å². The minimum atomic E-state index is -0.957. The minimum Gasteiger partial charge on any atom is -0.481 e. The van der Waals surface area contributed by atoms with Crippen molar-refractivity contribution in [3.05, 3.63) is 12.2 Å². The standard InChI is InChI=1S/C13H18N2O3S.ClH/c1-4-5-13(12(17)18)6-15-10(16)9(14-8(2)3)11(15)19-7-13;/h4-5,9,11H,6-7H2,1-3H3,(H,17,18);1H/t9?,11-,13?;/m1./s1. The van der Waals surface area contributed by atoms with E-state index in [4.69, 9.17) is 0 Å². The Morgan fingerprint density at radius 2 is 2.20 bits per heavy atom. The van der Waals surface area contributed by atoms with Crippen LogP contribution in [-0.4, -0.2) is 51.3 Å². The van der Waals surface area contributed by atoms with E-state index >= 15 is 0 Å². The topological polar surface area (TPSA) is 70.0 Å². The van der Waals surface area contributed by atoms with Gasteiger partial charge in [-0.25, -0.2) is 0 Å². The molecule has 3 atom stereocenters. The lowest BCUT2D eigenvalue weighted by atomic mass is 9.87. The Balaban J connectivity index is 0.00000200. The number of halogens is 1. The lowest BCUT2D eigenvalue weighted by molar-refractivity contribution is -0.153. The zero-order valence-electron chi connectivity index (χ0n) is 11.7. The fraction of sp³-hybridized carbons (Fsp3) is 0.615. The first-order chi connectivity index (χ1) is 8.91. The molecule has 0 aromatic heterocycles. The maximum absolute atomic E-state index is 12.0. The SMILES string of the molecule is CC=CC1(C(=O)O)CS[C@@H]2C(N=C(C)C)C(=O)N2C1.Cl. The first kappa shape index (κ1) is 17.0. The van der Waals surface area contributed by atoms with Crippen molar-refractivity contribution < 1.29 is 14.7 Å². The average molecular weight is 319 g/mol. The number of amides is 1. The highest BCUT2D eigenvalue weighted by Crippen LogP contribution is 2.44. The number of hydrogen-bond donors (Lipinski definition) is 1. The molecule has 2 aliphatic heterocycles. The van der Waals surface area contributed by atoms with E-state index in [0.29, 0.717) is 5.75 Å². The number of nitrogens with zero attached hydrogens (tertiary/aromatic N) is 2. The molecule has 0 radical (unpaired) electrons. The highest BCUT2D eigenvalue weighted by Gasteiger charge is 2.56. The Hall–Kier alpha value is -1.01. The van der Waals surface area contributed by atoms with E-state index in [1.165, 1.54) is 11.8 Å². The van der Waals surface area contributed by atoms with Gasteiger partial charge in [0.05, 0.1) is 0 Å². The third-order valence-corrected chi connectivity index (χ3v) is 4.92. The highest BCUT2D eigenvalue weighted by molar-refractivity contribution is 8.00. The van der Waals surface area contributed by atoms with Crippen molar-refractivity contribution in [1.29, 1.82) is 0 Å². The molecular formula is C13H19ClN2O3S. The molecule has 2 unspecified atom stereocenters. The number of carbonyl (C=O) groups is 2. The number of rotatable bonds is 3. The molecule has 2 rings (SSSR count). The third-order valence-electron chi connectivity index (χ3n) is 3.39. The van der Waals surface area contributed by atoms with Crippen LogP contribution in [0.15, 0.2) is 17.1 Å². The van der Waals surface area contributed by atoms with E-state index in [9.17, 15) is 14.7 Å². The quantitative estimate of drug-likeness (QED) is 0.489. The number of aliphatic carboxylic acids is 1. The number of carboxylic acids is 1. The molecular weight excluding hydrogens is 300 g/mol. The highest BCUT2D eigenvalue weighted by atomic mass is 35.5. The van der Waals surface area contributed by atoms with Gasteiger partial charge in [0.15, 0.2) is 6.04 Å². The first-order valence-corrected chi connectivity index (χ1v) is 7.26. The van der Waals surface area contributed by atoms with Crippen LogP contribution >= 0.6 is 24.2 Å². The van der Waals surface area contributed by atoms with Gasteiger partial charge in [0, 0.05) is 18.0 Å². The predicted octanol–water partition coefficient (Wildman–Crippen LogP) is 1.82. The van der Waals surface area contributed by atoms with Crippen molar-refractivity contribution in [1.82, 2.24) is 4.90 Å². The normalized spacial score (nSPS) is 32.1. The Morgan fingerprint density at radius 1 is 1.55 bits per heavy atom. The number of carbonyl (C=O) groups excluding carboxylic acids is 1. The molecule has 2 heterocycles. The number of carboxylic acid groups (broad SMARTS) is 1. The van der Waals surface area contributed by atoms with Gasteiger partial charge in [-0.15, -0.1) is 24.2 Å². The summed E-state index contributed by atoms with van der Waals surface area (Å²) >= 11 is 1.51. The Morgan fingerprint density at radius 3 is 2.70 bits per heavy atom. The zero-order valence-corrected chi connectivity index (χ0v) is 13.3. The van der Waals surface area contributed by atoms with Crippen LogP contribution in [0.1, 0.15) is 20.8 Å². The van der Waals surface area contributed by atoms with E-state index in [2.05, 4.69) is 4.99 Å². The number of fused-ring (bicyclic) bond motifs is 1. The second kappa shape index (κ2) is 6.18. The second-order valence-electron chi connectivity index (χ2n) is 5.15. The summed E-state index contributed by atoms with van der Waals surface area (Å²) in [5.74, 6) is -0.452. The summed E-state index contributed by atoms with van der Waals surface area (Å²) in [6.45, 7) is 5.78. The van der Waals surface area contributed by atoms with Crippen LogP contribution in [-0.2, 0) is 9.59 Å². The maximum Gasteiger partial charge on any atom is 0.316 e. The Kier molecular flexibility index (Phi) is 5.27. The van der Waals surface area contributed by atoms with Gasteiger partial charge in [-0.3, -0.25) is 14.6 Å². The molecule has 0 aliphatic carbocycles. The van der Waals surface area contributed by atoms with Crippen LogP contribution < -0.4 is 0 Å². The fourth-order valence-electron chi connectivity index (χ4n) is 2.46. The van der Waals surface area contributed by atoms with E-state index in [1.807, 2.05) is 13.8 Å². The summed E-state index contributed by atoms with van der Waals surface area (Å²) in [5, 5.41) is 9.42. The predicted molar refractivity (Wildman–Crippen MR) is 82.7 cm³/mol. The van der Waals surface area contributed by atoms with Crippen LogP contribution in [0, 0.1) is 5.41 Å². The molecule has 2 fully saturated rings. The van der Waals surface area contributed by atoms with E-state index in [1.54, 1.807) is 24.0 Å². The van der Waals surface area contributed by atoms with Crippen LogP contribution in [0.25, 0.3) is 0 Å². The molecule has 0 saturated carbocycles. The second-order valence-corrected chi connectivity index (χ2v) is 6.26. The first-order valence-electron chi connectivity index (χ1n) is 6.21. The molecule has 2 saturated heterocycles. The van der Waals surface area contributed by atoms with Crippen molar-refractivity contribution >= 4 is 41.8 Å². The largest absolute Gasteiger partial charge is 0.481 e. The maximum atomic E-state index is 12.0. The average Bonchev–Trinajstić information content (AvgIpc) is 2.36. The van der Waals surface area contributed by atoms with Crippen LogP contribution in [0.4, 0.5) is 0 Å². The van der Waals surface area contributed by atoms with Gasteiger partial charge in [-0.1, -0.05) is 12.2 Å². The van der Waals surface area contributed by atoms with Gasteiger partial charge in [-0.2, -0.15) is 0 Å².